The van der Waals surface area contributed by atoms with Crippen LogP contribution in [0.4, 0.5) is 0 Å². The monoisotopic (exact) mass is 430 g/mol. The van der Waals surface area contributed by atoms with Crippen molar-refractivity contribution >= 4 is 11.8 Å². The van der Waals surface area contributed by atoms with Crippen LogP contribution in [-0.4, -0.2) is 58.4 Å². The van der Waals surface area contributed by atoms with E-state index in [0.29, 0.717) is 50.5 Å². The number of aromatic nitrogens is 2. The fraction of sp³-hybridized carbons (Fsp3) is 0.739. The summed E-state index contributed by atoms with van der Waals surface area (Å²) in [6.45, 7) is 2.02. The quantitative estimate of drug-likeness (QED) is 0.774. The van der Waals surface area contributed by atoms with Crippen molar-refractivity contribution in [1.82, 2.24) is 19.8 Å². The largest absolute Gasteiger partial charge is 0.384 e. The van der Waals surface area contributed by atoms with Gasteiger partial charge in [0.2, 0.25) is 11.8 Å². The van der Waals surface area contributed by atoms with Gasteiger partial charge in [0.1, 0.15) is 5.82 Å². The van der Waals surface area contributed by atoms with Crippen LogP contribution in [0.1, 0.15) is 80.9 Å². The molecule has 31 heavy (non-hydrogen) atoms. The van der Waals surface area contributed by atoms with Crippen LogP contribution in [0.2, 0.25) is 0 Å². The smallest absolute Gasteiger partial charge is 0.256 e. The van der Waals surface area contributed by atoms with Gasteiger partial charge >= 0.3 is 0 Å². The third-order valence-corrected chi connectivity index (χ3v) is 7.01. The Balaban J connectivity index is 1.51. The Morgan fingerprint density at radius 2 is 1.87 bits per heavy atom. The van der Waals surface area contributed by atoms with E-state index in [1.807, 2.05) is 9.80 Å². The molecule has 3 aliphatic rings. The van der Waals surface area contributed by atoms with E-state index >= 15 is 0 Å². The zero-order valence-electron chi connectivity index (χ0n) is 18.5. The summed E-state index contributed by atoms with van der Waals surface area (Å²) in [5.74, 6) is 0.920. The Kier molecular flexibility index (Phi) is 7.05. The van der Waals surface area contributed by atoms with Gasteiger partial charge in [0.15, 0.2) is 0 Å². The van der Waals surface area contributed by atoms with E-state index in [1.54, 1.807) is 7.11 Å². The van der Waals surface area contributed by atoms with Gasteiger partial charge in [0.25, 0.3) is 5.56 Å². The fourth-order valence-electron chi connectivity index (χ4n) is 5.25. The number of carbonyl (C=O) groups excluding carboxylic acids is 2. The van der Waals surface area contributed by atoms with Gasteiger partial charge in [-0.05, 0) is 32.1 Å². The maximum Gasteiger partial charge on any atom is 0.256 e. The first-order chi connectivity index (χ1) is 15.1. The predicted octanol–water partition coefficient (Wildman–Crippen LogP) is 2.32. The average Bonchev–Trinajstić information content (AvgIpc) is 2.82. The summed E-state index contributed by atoms with van der Waals surface area (Å²) < 4.78 is 5.06. The van der Waals surface area contributed by atoms with Crippen LogP contribution < -0.4 is 5.56 Å². The van der Waals surface area contributed by atoms with E-state index < -0.39 is 0 Å². The lowest BCUT2D eigenvalue weighted by Crippen LogP contribution is -2.44. The van der Waals surface area contributed by atoms with Crippen molar-refractivity contribution in [2.24, 2.45) is 5.92 Å². The molecule has 1 N–H and O–H groups in total. The second kappa shape index (κ2) is 9.94. The number of carbonyl (C=O) groups is 2. The molecule has 0 radical (unpaired) electrons. The fourth-order valence-corrected chi connectivity index (χ4v) is 5.25. The lowest BCUT2D eigenvalue weighted by atomic mass is 9.88. The second-order valence-corrected chi connectivity index (χ2v) is 9.06. The van der Waals surface area contributed by atoms with Crippen molar-refractivity contribution < 1.29 is 14.3 Å². The van der Waals surface area contributed by atoms with Gasteiger partial charge in [0, 0.05) is 32.5 Å². The third kappa shape index (κ3) is 4.84. The molecule has 1 aromatic heterocycles. The number of hydrogen-bond donors (Lipinski definition) is 1. The molecule has 2 amide bonds. The zero-order chi connectivity index (χ0) is 21.8. The van der Waals surface area contributed by atoms with E-state index in [1.165, 1.54) is 6.42 Å². The molecule has 8 nitrogen and oxygen atoms in total. The van der Waals surface area contributed by atoms with E-state index in [0.717, 1.165) is 50.6 Å². The highest BCUT2D eigenvalue weighted by Gasteiger charge is 2.33. The van der Waals surface area contributed by atoms with Crippen LogP contribution in [0, 0.1) is 5.92 Å². The van der Waals surface area contributed by atoms with Crippen molar-refractivity contribution in [1.29, 1.82) is 0 Å². The van der Waals surface area contributed by atoms with Crippen LogP contribution in [-0.2, 0) is 27.3 Å². The number of nitrogens with zero attached hydrogens (tertiary/aromatic N) is 3. The summed E-state index contributed by atoms with van der Waals surface area (Å²) in [7, 11) is 1.59. The van der Waals surface area contributed by atoms with Crippen LogP contribution in [0.15, 0.2) is 4.79 Å². The topological polar surface area (TPSA) is 95.6 Å². The molecule has 0 aromatic carbocycles. The molecule has 1 saturated heterocycles. The number of ether oxygens (including phenoxy) is 1. The molecular weight excluding hydrogens is 396 g/mol. The minimum Gasteiger partial charge on any atom is -0.384 e. The third-order valence-electron chi connectivity index (χ3n) is 7.01. The number of piperidine rings is 1. The van der Waals surface area contributed by atoms with E-state index in [9.17, 15) is 14.4 Å². The standard InChI is InChI=1S/C23H34N4O4/c1-31-14-11-20(28)27-12-6-5-9-19(27)21-24-18-10-13-26(15-17(18)22(29)25-21)23(30)16-7-3-2-4-8-16/h16,19H,2-15H2,1H3,(H,24,25,29)/t19-/m1/s1. The second-order valence-electron chi connectivity index (χ2n) is 9.06. The minimum absolute atomic E-state index is 0.0381. The molecule has 0 unspecified atom stereocenters. The molecule has 8 heteroatoms. The lowest BCUT2D eigenvalue weighted by molar-refractivity contribution is -0.138. The van der Waals surface area contributed by atoms with E-state index in [2.05, 4.69) is 4.98 Å². The van der Waals surface area contributed by atoms with Crippen LogP contribution in [0.3, 0.4) is 0 Å². The summed E-state index contributed by atoms with van der Waals surface area (Å²) in [6.07, 6.45) is 9.06. The minimum atomic E-state index is -0.196. The Morgan fingerprint density at radius 3 is 2.65 bits per heavy atom. The molecule has 2 fully saturated rings. The van der Waals surface area contributed by atoms with E-state index in [4.69, 9.17) is 9.72 Å². The summed E-state index contributed by atoms with van der Waals surface area (Å²) in [5, 5.41) is 0. The molecule has 1 atom stereocenters. The first-order valence-corrected chi connectivity index (χ1v) is 11.8. The Bertz CT molecular complexity index is 862. The van der Waals surface area contributed by atoms with Crippen LogP contribution in [0.25, 0.3) is 0 Å². The highest BCUT2D eigenvalue weighted by atomic mass is 16.5. The molecule has 1 saturated carbocycles. The number of likely N-dealkylation sites (tertiary alicyclic amines) is 1. The van der Waals surface area contributed by atoms with Gasteiger partial charge in [-0.15, -0.1) is 0 Å². The SMILES string of the molecule is COCCC(=O)N1CCCC[C@@H]1c1nc2c(c(=O)[nH]1)CN(C(=O)C1CCCCC1)CC2. The van der Waals surface area contributed by atoms with Crippen molar-refractivity contribution in [2.75, 3.05) is 26.8 Å². The summed E-state index contributed by atoms with van der Waals surface area (Å²) >= 11 is 0. The van der Waals surface area contributed by atoms with Crippen molar-refractivity contribution in [2.45, 2.75) is 76.8 Å². The predicted molar refractivity (Wildman–Crippen MR) is 115 cm³/mol. The van der Waals surface area contributed by atoms with E-state index in [-0.39, 0.29) is 29.3 Å². The van der Waals surface area contributed by atoms with Gasteiger partial charge in [-0.3, -0.25) is 14.4 Å². The Hall–Kier alpha value is -2.22. The molecule has 1 aromatic rings. The first kappa shape index (κ1) is 22.0. The number of aromatic amines is 1. The maximum atomic E-state index is 13.0. The van der Waals surface area contributed by atoms with Gasteiger partial charge in [-0.25, -0.2) is 4.98 Å². The highest BCUT2D eigenvalue weighted by Crippen LogP contribution is 2.31. The average molecular weight is 431 g/mol. The normalized spacial score (nSPS) is 22.3. The zero-order valence-corrected chi connectivity index (χ0v) is 18.5. The number of amides is 2. The van der Waals surface area contributed by atoms with Gasteiger partial charge in [-0.2, -0.15) is 0 Å². The van der Waals surface area contributed by atoms with Gasteiger partial charge < -0.3 is 19.5 Å². The molecule has 1 aliphatic carbocycles. The van der Waals surface area contributed by atoms with Crippen molar-refractivity contribution in [3.8, 4) is 0 Å². The Labute approximate surface area is 183 Å². The van der Waals surface area contributed by atoms with Gasteiger partial charge in [-0.1, -0.05) is 19.3 Å². The first-order valence-electron chi connectivity index (χ1n) is 11.8. The molecule has 170 valence electrons. The molecule has 4 rings (SSSR count). The molecule has 0 spiro atoms. The number of nitrogens with one attached hydrogen (secondary N) is 1. The summed E-state index contributed by atoms with van der Waals surface area (Å²) in [4.78, 5) is 50.0. The van der Waals surface area contributed by atoms with Crippen molar-refractivity contribution in [3.05, 3.63) is 27.4 Å². The molecule has 2 aliphatic heterocycles. The summed E-state index contributed by atoms with van der Waals surface area (Å²) in [6, 6.07) is -0.196. The molecular formula is C23H34N4O4. The number of H-pyrrole nitrogens is 1. The maximum absolute atomic E-state index is 13.0. The number of rotatable bonds is 5. The van der Waals surface area contributed by atoms with Crippen LogP contribution >= 0.6 is 0 Å². The molecule has 3 heterocycles. The highest BCUT2D eigenvalue weighted by molar-refractivity contribution is 5.79. The number of hydrogen-bond acceptors (Lipinski definition) is 5. The lowest BCUT2D eigenvalue weighted by Gasteiger charge is -2.36. The van der Waals surface area contributed by atoms with Crippen LogP contribution in [0.5, 0.6) is 0 Å². The Morgan fingerprint density at radius 1 is 1.10 bits per heavy atom. The van der Waals surface area contributed by atoms with Crippen molar-refractivity contribution in [3.63, 3.8) is 0 Å². The number of methoxy groups -OCH3 is 1. The van der Waals surface area contributed by atoms with Gasteiger partial charge in [0.05, 0.1) is 36.9 Å². The summed E-state index contributed by atoms with van der Waals surface area (Å²) in [5.41, 5.74) is 1.21. The number of fused-ring (bicyclic) bond motifs is 1. The molecule has 0 bridgehead atoms.